The third kappa shape index (κ3) is 4.26. The van der Waals surface area contributed by atoms with Crippen molar-refractivity contribution in [1.29, 1.82) is 0 Å². The molecular formula is C15H12ClFN2O3. The number of hydrogen-bond donors (Lipinski definition) is 1. The third-order valence-corrected chi connectivity index (χ3v) is 2.99. The number of benzene rings is 1. The van der Waals surface area contributed by atoms with Crippen molar-refractivity contribution in [3.8, 4) is 0 Å². The maximum Gasteiger partial charge on any atom is 0.338 e. The monoisotopic (exact) mass is 322 g/mol. The molecule has 1 amide bonds. The summed E-state index contributed by atoms with van der Waals surface area (Å²) in [6, 6.07) is 8.29. The van der Waals surface area contributed by atoms with Gasteiger partial charge < -0.3 is 10.1 Å². The predicted octanol–water partition coefficient (Wildman–Crippen LogP) is 2.46. The summed E-state index contributed by atoms with van der Waals surface area (Å²) in [4.78, 5) is 27.2. The quantitative estimate of drug-likeness (QED) is 0.521. The first-order chi connectivity index (χ1) is 10.6. The Morgan fingerprint density at radius 1 is 1.27 bits per heavy atom. The van der Waals surface area contributed by atoms with Gasteiger partial charge in [-0.2, -0.15) is 0 Å². The van der Waals surface area contributed by atoms with E-state index < -0.39 is 17.7 Å². The number of rotatable bonds is 5. The van der Waals surface area contributed by atoms with Crippen LogP contribution >= 0.6 is 11.6 Å². The number of aromatic nitrogens is 1. The fourth-order valence-electron chi connectivity index (χ4n) is 1.66. The normalized spacial score (nSPS) is 10.1. The van der Waals surface area contributed by atoms with E-state index in [0.29, 0.717) is 0 Å². The van der Waals surface area contributed by atoms with Crippen LogP contribution in [0.3, 0.4) is 0 Å². The van der Waals surface area contributed by atoms with Gasteiger partial charge in [-0.3, -0.25) is 4.79 Å². The molecule has 1 aromatic heterocycles. The van der Waals surface area contributed by atoms with E-state index >= 15 is 0 Å². The number of hydrogen-bond acceptors (Lipinski definition) is 4. The number of pyridine rings is 1. The lowest BCUT2D eigenvalue weighted by Crippen LogP contribution is -2.28. The average Bonchev–Trinajstić information content (AvgIpc) is 2.51. The number of carbonyl (C=O) groups excluding carboxylic acids is 2. The lowest BCUT2D eigenvalue weighted by Gasteiger charge is -2.07. The molecule has 0 bridgehead atoms. The molecule has 1 N–H and O–H groups in total. The Balaban J connectivity index is 1.79. The van der Waals surface area contributed by atoms with Gasteiger partial charge in [0, 0.05) is 6.20 Å². The summed E-state index contributed by atoms with van der Waals surface area (Å²) >= 11 is 5.78. The number of nitrogens with zero attached hydrogens (tertiary/aromatic N) is 1. The van der Waals surface area contributed by atoms with Crippen LogP contribution in [0, 0.1) is 5.82 Å². The Morgan fingerprint density at radius 3 is 2.82 bits per heavy atom. The van der Waals surface area contributed by atoms with Crippen LogP contribution < -0.4 is 5.32 Å². The molecule has 0 aliphatic rings. The summed E-state index contributed by atoms with van der Waals surface area (Å²) in [7, 11) is 0. The van der Waals surface area contributed by atoms with Gasteiger partial charge in [-0.15, -0.1) is 0 Å². The van der Waals surface area contributed by atoms with E-state index in [0.717, 1.165) is 6.07 Å². The van der Waals surface area contributed by atoms with Gasteiger partial charge in [0.05, 0.1) is 17.7 Å². The van der Waals surface area contributed by atoms with Crippen molar-refractivity contribution in [3.63, 3.8) is 0 Å². The second-order valence-corrected chi connectivity index (χ2v) is 4.60. The highest BCUT2D eigenvalue weighted by molar-refractivity contribution is 6.32. The second-order valence-electron chi connectivity index (χ2n) is 4.24. The minimum Gasteiger partial charge on any atom is -0.460 e. The van der Waals surface area contributed by atoms with Crippen LogP contribution in [0.25, 0.3) is 0 Å². The molecule has 7 heteroatoms. The highest BCUT2D eigenvalue weighted by Crippen LogP contribution is 2.10. The zero-order chi connectivity index (χ0) is 15.9. The van der Waals surface area contributed by atoms with Gasteiger partial charge in [0.1, 0.15) is 17.6 Å². The summed E-state index contributed by atoms with van der Waals surface area (Å²) in [5, 5.41) is 2.64. The lowest BCUT2D eigenvalue weighted by molar-refractivity contribution is 0.0502. The largest absolute Gasteiger partial charge is 0.460 e. The molecule has 0 atom stereocenters. The average molecular weight is 323 g/mol. The minimum absolute atomic E-state index is 0.0427. The first-order valence-electron chi connectivity index (χ1n) is 6.39. The summed E-state index contributed by atoms with van der Waals surface area (Å²) in [6.45, 7) is 0.0596. The van der Waals surface area contributed by atoms with Gasteiger partial charge in [-0.05, 0) is 30.3 Å². The van der Waals surface area contributed by atoms with Crippen molar-refractivity contribution in [2.24, 2.45) is 0 Å². The molecule has 22 heavy (non-hydrogen) atoms. The van der Waals surface area contributed by atoms with Crippen molar-refractivity contribution in [1.82, 2.24) is 10.3 Å². The Hall–Kier alpha value is -2.47. The number of nitrogens with one attached hydrogen (secondary N) is 1. The molecule has 0 unspecified atom stereocenters. The molecule has 0 saturated heterocycles. The molecule has 1 aromatic carbocycles. The standard InChI is InChI=1S/C15H12ClFN2O3/c16-13-12(5-2-6-18-13)14(20)19-7-8-22-15(21)10-3-1-4-11(17)9-10/h1-6,9H,7-8H2,(H,19,20). The van der Waals surface area contributed by atoms with Crippen molar-refractivity contribution in [2.75, 3.05) is 13.2 Å². The number of halogens is 2. The Morgan fingerprint density at radius 2 is 2.09 bits per heavy atom. The first kappa shape index (κ1) is 15.9. The molecule has 0 aliphatic heterocycles. The van der Waals surface area contributed by atoms with Crippen molar-refractivity contribution in [2.45, 2.75) is 0 Å². The predicted molar refractivity (Wildman–Crippen MR) is 78.3 cm³/mol. The van der Waals surface area contributed by atoms with Gasteiger partial charge >= 0.3 is 5.97 Å². The summed E-state index contributed by atoms with van der Waals surface area (Å²) < 4.78 is 17.9. The molecule has 2 rings (SSSR count). The van der Waals surface area contributed by atoms with Crippen LogP contribution in [0.2, 0.25) is 5.15 Å². The fourth-order valence-corrected chi connectivity index (χ4v) is 1.86. The molecule has 0 fully saturated rings. The van der Waals surface area contributed by atoms with Crippen LogP contribution in [0.1, 0.15) is 20.7 Å². The first-order valence-corrected chi connectivity index (χ1v) is 6.77. The molecule has 0 aliphatic carbocycles. The molecule has 1 heterocycles. The maximum absolute atomic E-state index is 13.0. The summed E-state index contributed by atoms with van der Waals surface area (Å²) in [6.07, 6.45) is 1.47. The number of carbonyl (C=O) groups is 2. The van der Waals surface area contributed by atoms with E-state index in [1.165, 1.54) is 30.5 Å². The highest BCUT2D eigenvalue weighted by atomic mass is 35.5. The fraction of sp³-hybridized carbons (Fsp3) is 0.133. The number of amides is 1. The third-order valence-electron chi connectivity index (χ3n) is 2.68. The summed E-state index contributed by atoms with van der Waals surface area (Å²) in [5.74, 6) is -1.60. The zero-order valence-electron chi connectivity index (χ0n) is 11.4. The molecular weight excluding hydrogens is 311 g/mol. The van der Waals surface area contributed by atoms with Gasteiger partial charge in [0.2, 0.25) is 0 Å². The van der Waals surface area contributed by atoms with E-state index in [2.05, 4.69) is 10.3 Å². The van der Waals surface area contributed by atoms with Crippen molar-refractivity contribution < 1.29 is 18.7 Å². The van der Waals surface area contributed by atoms with E-state index in [1.54, 1.807) is 6.07 Å². The van der Waals surface area contributed by atoms with Crippen LogP contribution in [-0.2, 0) is 4.74 Å². The zero-order valence-corrected chi connectivity index (χ0v) is 12.1. The Bertz CT molecular complexity index is 694. The van der Waals surface area contributed by atoms with Crippen molar-refractivity contribution >= 4 is 23.5 Å². The maximum atomic E-state index is 13.0. The topological polar surface area (TPSA) is 68.3 Å². The van der Waals surface area contributed by atoms with Crippen LogP contribution in [-0.4, -0.2) is 30.0 Å². The van der Waals surface area contributed by atoms with Gasteiger partial charge in [-0.1, -0.05) is 17.7 Å². The van der Waals surface area contributed by atoms with E-state index in [1.807, 2.05) is 0 Å². The Kier molecular flexibility index (Phi) is 5.43. The second kappa shape index (κ2) is 7.51. The molecule has 0 saturated carbocycles. The highest BCUT2D eigenvalue weighted by Gasteiger charge is 2.11. The van der Waals surface area contributed by atoms with E-state index in [4.69, 9.17) is 16.3 Å². The van der Waals surface area contributed by atoms with E-state index in [-0.39, 0.29) is 29.4 Å². The van der Waals surface area contributed by atoms with Gasteiger partial charge in [0.25, 0.3) is 5.91 Å². The van der Waals surface area contributed by atoms with E-state index in [9.17, 15) is 14.0 Å². The lowest BCUT2D eigenvalue weighted by atomic mass is 10.2. The molecule has 114 valence electrons. The SMILES string of the molecule is O=C(OCCNC(=O)c1cccnc1Cl)c1cccc(F)c1. The smallest absolute Gasteiger partial charge is 0.338 e. The van der Waals surface area contributed by atoms with Crippen LogP contribution in [0.15, 0.2) is 42.6 Å². The molecule has 0 spiro atoms. The molecule has 2 aromatic rings. The minimum atomic E-state index is -0.659. The van der Waals surface area contributed by atoms with Crippen molar-refractivity contribution in [3.05, 3.63) is 64.7 Å². The van der Waals surface area contributed by atoms with Gasteiger partial charge in [0.15, 0.2) is 0 Å². The number of esters is 1. The molecule has 5 nitrogen and oxygen atoms in total. The molecule has 0 radical (unpaired) electrons. The van der Waals surface area contributed by atoms with Crippen LogP contribution in [0.5, 0.6) is 0 Å². The number of ether oxygens (including phenoxy) is 1. The van der Waals surface area contributed by atoms with Crippen LogP contribution in [0.4, 0.5) is 4.39 Å². The van der Waals surface area contributed by atoms with Gasteiger partial charge in [-0.25, -0.2) is 14.2 Å². The summed E-state index contributed by atoms with van der Waals surface area (Å²) in [5.41, 5.74) is 0.349. The Labute approximate surface area is 131 Å².